The number of halogens is 2. The molecule has 0 saturated heterocycles. The fourth-order valence-corrected chi connectivity index (χ4v) is 1.45. The van der Waals surface area contributed by atoms with Crippen molar-refractivity contribution in [3.63, 3.8) is 0 Å². The van der Waals surface area contributed by atoms with E-state index in [0.29, 0.717) is 18.6 Å². The standard InChI is InChI=1S/C12H13F2NO4/c1-2-6(5-16)15-11(17)7-3-9(13)10(14)4-8(7)12(18)19/h3-4,6,16H,2,5H2,1H3,(H,15,17)(H,18,19)/t6-/m0/s1. The highest BCUT2D eigenvalue weighted by molar-refractivity contribution is 6.04. The summed E-state index contributed by atoms with van der Waals surface area (Å²) < 4.78 is 26.1. The summed E-state index contributed by atoms with van der Waals surface area (Å²) in [5.41, 5.74) is -1.12. The van der Waals surface area contributed by atoms with Crippen LogP contribution in [0.5, 0.6) is 0 Å². The van der Waals surface area contributed by atoms with Crippen LogP contribution in [0.2, 0.25) is 0 Å². The Morgan fingerprint density at radius 3 is 2.21 bits per heavy atom. The molecule has 1 atom stereocenters. The first kappa shape index (κ1) is 15.0. The number of carbonyl (C=O) groups is 2. The Morgan fingerprint density at radius 1 is 1.26 bits per heavy atom. The van der Waals surface area contributed by atoms with Crippen molar-refractivity contribution in [3.05, 3.63) is 34.9 Å². The Labute approximate surface area is 107 Å². The molecular formula is C12H13F2NO4. The number of aliphatic hydroxyl groups is 1. The van der Waals surface area contributed by atoms with E-state index in [4.69, 9.17) is 10.2 Å². The van der Waals surface area contributed by atoms with Crippen molar-refractivity contribution < 1.29 is 28.6 Å². The van der Waals surface area contributed by atoms with Gasteiger partial charge in [0, 0.05) is 0 Å². The molecule has 1 rings (SSSR count). The van der Waals surface area contributed by atoms with Crippen LogP contribution >= 0.6 is 0 Å². The van der Waals surface area contributed by atoms with Gasteiger partial charge in [-0.25, -0.2) is 13.6 Å². The zero-order valence-corrected chi connectivity index (χ0v) is 10.1. The van der Waals surface area contributed by atoms with E-state index in [0.717, 1.165) is 0 Å². The van der Waals surface area contributed by atoms with Crippen LogP contribution in [0.3, 0.4) is 0 Å². The summed E-state index contributed by atoms with van der Waals surface area (Å²) in [5, 5.41) is 20.1. The van der Waals surface area contributed by atoms with Crippen molar-refractivity contribution in [2.75, 3.05) is 6.61 Å². The molecular weight excluding hydrogens is 260 g/mol. The number of rotatable bonds is 5. The molecule has 0 saturated carbocycles. The van der Waals surface area contributed by atoms with Crippen LogP contribution in [-0.2, 0) is 0 Å². The number of benzene rings is 1. The van der Waals surface area contributed by atoms with Crippen molar-refractivity contribution in [1.29, 1.82) is 0 Å². The van der Waals surface area contributed by atoms with E-state index in [9.17, 15) is 18.4 Å². The lowest BCUT2D eigenvalue weighted by Gasteiger charge is -2.15. The minimum atomic E-state index is -1.54. The Bertz CT molecular complexity index is 501. The maximum absolute atomic E-state index is 13.1. The van der Waals surface area contributed by atoms with Crippen LogP contribution in [0.25, 0.3) is 0 Å². The minimum absolute atomic E-state index is 0.339. The summed E-state index contributed by atoms with van der Waals surface area (Å²) in [4.78, 5) is 22.7. The van der Waals surface area contributed by atoms with E-state index in [-0.39, 0.29) is 6.61 Å². The van der Waals surface area contributed by atoms with E-state index in [2.05, 4.69) is 5.32 Å². The largest absolute Gasteiger partial charge is 0.478 e. The molecule has 1 amide bonds. The lowest BCUT2D eigenvalue weighted by molar-refractivity contribution is 0.0689. The number of carboxylic acid groups (broad SMARTS) is 1. The summed E-state index contributed by atoms with van der Waals surface area (Å²) >= 11 is 0. The predicted octanol–water partition coefficient (Wildman–Crippen LogP) is 1.16. The van der Waals surface area contributed by atoms with Gasteiger partial charge in [-0.15, -0.1) is 0 Å². The first-order valence-electron chi connectivity index (χ1n) is 5.54. The third-order valence-corrected chi connectivity index (χ3v) is 2.58. The van der Waals surface area contributed by atoms with Crippen molar-refractivity contribution >= 4 is 11.9 Å². The Balaban J connectivity index is 3.14. The number of aliphatic hydroxyl groups excluding tert-OH is 1. The van der Waals surface area contributed by atoms with Crippen molar-refractivity contribution in [2.24, 2.45) is 0 Å². The molecule has 0 aliphatic rings. The van der Waals surface area contributed by atoms with E-state index in [1.165, 1.54) is 0 Å². The van der Waals surface area contributed by atoms with Gasteiger partial charge in [-0.3, -0.25) is 4.79 Å². The van der Waals surface area contributed by atoms with Crippen LogP contribution in [-0.4, -0.2) is 34.7 Å². The van der Waals surface area contributed by atoms with Gasteiger partial charge in [0.1, 0.15) is 0 Å². The Hall–Kier alpha value is -2.02. The zero-order chi connectivity index (χ0) is 14.6. The van der Waals surface area contributed by atoms with Gasteiger partial charge in [-0.2, -0.15) is 0 Å². The molecule has 0 radical (unpaired) electrons. The number of carboxylic acids is 1. The monoisotopic (exact) mass is 273 g/mol. The predicted molar refractivity (Wildman–Crippen MR) is 61.9 cm³/mol. The average Bonchev–Trinajstić information content (AvgIpc) is 2.37. The van der Waals surface area contributed by atoms with Gasteiger partial charge in [-0.05, 0) is 18.6 Å². The third kappa shape index (κ3) is 3.47. The lowest BCUT2D eigenvalue weighted by Crippen LogP contribution is -2.37. The second-order valence-corrected chi connectivity index (χ2v) is 3.88. The molecule has 7 heteroatoms. The smallest absolute Gasteiger partial charge is 0.336 e. The number of hydrogen-bond acceptors (Lipinski definition) is 3. The number of carbonyl (C=O) groups excluding carboxylic acids is 1. The molecule has 0 fully saturated rings. The first-order chi connectivity index (χ1) is 8.90. The molecule has 0 heterocycles. The summed E-state index contributed by atoms with van der Waals surface area (Å²) in [6.07, 6.45) is 0.411. The molecule has 19 heavy (non-hydrogen) atoms. The SMILES string of the molecule is CC[C@@H](CO)NC(=O)c1cc(F)c(F)cc1C(=O)O. The van der Waals surface area contributed by atoms with Gasteiger partial charge in [0.25, 0.3) is 5.91 Å². The second kappa shape index (κ2) is 6.24. The molecule has 5 nitrogen and oxygen atoms in total. The van der Waals surface area contributed by atoms with Gasteiger partial charge in [-0.1, -0.05) is 6.92 Å². The summed E-state index contributed by atoms with van der Waals surface area (Å²) in [5.74, 6) is -5.08. The zero-order valence-electron chi connectivity index (χ0n) is 10.1. The molecule has 3 N–H and O–H groups in total. The topological polar surface area (TPSA) is 86.6 Å². The molecule has 0 spiro atoms. The molecule has 104 valence electrons. The van der Waals surface area contributed by atoms with Crippen molar-refractivity contribution in [2.45, 2.75) is 19.4 Å². The van der Waals surface area contributed by atoms with Crippen molar-refractivity contribution in [1.82, 2.24) is 5.32 Å². The molecule has 0 unspecified atom stereocenters. The minimum Gasteiger partial charge on any atom is -0.478 e. The van der Waals surface area contributed by atoms with Crippen LogP contribution in [0, 0.1) is 11.6 Å². The highest BCUT2D eigenvalue weighted by atomic mass is 19.2. The van der Waals surface area contributed by atoms with E-state index >= 15 is 0 Å². The molecule has 0 aliphatic carbocycles. The van der Waals surface area contributed by atoms with Crippen LogP contribution in [0.4, 0.5) is 8.78 Å². The lowest BCUT2D eigenvalue weighted by atomic mass is 10.1. The normalized spacial score (nSPS) is 12.0. The first-order valence-corrected chi connectivity index (χ1v) is 5.54. The van der Waals surface area contributed by atoms with Gasteiger partial charge in [0.05, 0.1) is 23.8 Å². The number of nitrogens with one attached hydrogen (secondary N) is 1. The average molecular weight is 273 g/mol. The Morgan fingerprint density at radius 2 is 1.79 bits per heavy atom. The summed E-state index contributed by atoms with van der Waals surface area (Å²) in [6, 6.07) is 0.396. The quantitative estimate of drug-likeness (QED) is 0.751. The van der Waals surface area contributed by atoms with Gasteiger partial charge < -0.3 is 15.5 Å². The molecule has 1 aromatic rings. The highest BCUT2D eigenvalue weighted by Crippen LogP contribution is 2.15. The van der Waals surface area contributed by atoms with E-state index < -0.39 is 40.7 Å². The fourth-order valence-electron chi connectivity index (χ4n) is 1.45. The number of aromatic carboxylic acids is 1. The van der Waals surface area contributed by atoms with Crippen molar-refractivity contribution in [3.8, 4) is 0 Å². The number of amides is 1. The van der Waals surface area contributed by atoms with E-state index in [1.54, 1.807) is 6.92 Å². The molecule has 0 bridgehead atoms. The highest BCUT2D eigenvalue weighted by Gasteiger charge is 2.21. The maximum Gasteiger partial charge on any atom is 0.336 e. The van der Waals surface area contributed by atoms with Gasteiger partial charge in [0.2, 0.25) is 0 Å². The van der Waals surface area contributed by atoms with Crippen LogP contribution in [0.1, 0.15) is 34.1 Å². The van der Waals surface area contributed by atoms with Gasteiger partial charge >= 0.3 is 5.97 Å². The van der Waals surface area contributed by atoms with Gasteiger partial charge in [0.15, 0.2) is 11.6 Å². The Kier molecular flexibility index (Phi) is 4.94. The molecule has 1 aromatic carbocycles. The van der Waals surface area contributed by atoms with E-state index in [1.807, 2.05) is 0 Å². The molecule has 0 aromatic heterocycles. The number of hydrogen-bond donors (Lipinski definition) is 3. The fraction of sp³-hybridized carbons (Fsp3) is 0.333. The van der Waals surface area contributed by atoms with Crippen LogP contribution in [0.15, 0.2) is 12.1 Å². The summed E-state index contributed by atoms with van der Waals surface area (Å²) in [7, 11) is 0. The summed E-state index contributed by atoms with van der Waals surface area (Å²) in [6.45, 7) is 1.36. The van der Waals surface area contributed by atoms with Crippen LogP contribution < -0.4 is 5.32 Å². The third-order valence-electron chi connectivity index (χ3n) is 2.58. The molecule has 0 aliphatic heterocycles. The maximum atomic E-state index is 13.1. The second-order valence-electron chi connectivity index (χ2n) is 3.88.